The molecule has 0 spiro atoms. The summed E-state index contributed by atoms with van der Waals surface area (Å²) in [6, 6.07) is 0. The van der Waals surface area contributed by atoms with Crippen molar-refractivity contribution in [2.75, 3.05) is 34.2 Å². The van der Waals surface area contributed by atoms with Crippen LogP contribution in [0, 0.1) is 0 Å². The van der Waals surface area contributed by atoms with Gasteiger partial charge in [-0.05, 0) is 6.92 Å². The maximum atomic E-state index is 11.2. The van der Waals surface area contributed by atoms with Gasteiger partial charge in [0.05, 0.1) is 34.2 Å². The molecule has 15 heavy (non-hydrogen) atoms. The van der Waals surface area contributed by atoms with E-state index < -0.39 is 5.91 Å². The first-order chi connectivity index (χ1) is 6.24. The topological polar surface area (TPSA) is 40.5 Å². The summed E-state index contributed by atoms with van der Waals surface area (Å²) in [4.78, 5) is 11.2. The number of amides is 1. The minimum absolute atomic E-state index is 0. The van der Waals surface area contributed by atoms with Crippen molar-refractivity contribution < 1.29 is 26.9 Å². The Morgan fingerprint density at radius 3 is 2.20 bits per heavy atom. The van der Waals surface area contributed by atoms with Gasteiger partial charge in [0.15, 0.2) is 0 Å². The molecule has 0 aliphatic rings. The Morgan fingerprint density at radius 1 is 1.40 bits per heavy atom. The summed E-state index contributed by atoms with van der Waals surface area (Å²) < 4.78 is 0.828. The van der Waals surface area contributed by atoms with Gasteiger partial charge in [0.25, 0.3) is 5.91 Å². The van der Waals surface area contributed by atoms with Crippen LogP contribution >= 0.6 is 0 Å². The zero-order valence-electron chi connectivity index (χ0n) is 9.96. The molecule has 90 valence electrons. The van der Waals surface area contributed by atoms with Crippen LogP contribution in [0.25, 0.3) is 0 Å². The van der Waals surface area contributed by atoms with Crippen LogP contribution in [0.3, 0.4) is 0 Å². The van der Waals surface area contributed by atoms with Gasteiger partial charge in [0, 0.05) is 12.0 Å². The summed E-state index contributed by atoms with van der Waals surface area (Å²) in [5, 5.41) is 10.0. The summed E-state index contributed by atoms with van der Waals surface area (Å²) in [5.41, 5.74) is 0.359. The number of nitrogens with zero attached hydrogens (tertiary/aromatic N) is 2. The van der Waals surface area contributed by atoms with E-state index in [1.807, 2.05) is 0 Å². The molecule has 1 N–H and O–H groups in total. The summed E-state index contributed by atoms with van der Waals surface area (Å²) in [5.74, 6) is -0.397. The van der Waals surface area contributed by atoms with Gasteiger partial charge in [-0.2, -0.15) is 0 Å². The molecule has 4 nitrogen and oxygen atoms in total. The van der Waals surface area contributed by atoms with Gasteiger partial charge in [-0.1, -0.05) is 6.58 Å². The third-order valence-electron chi connectivity index (χ3n) is 1.80. The van der Waals surface area contributed by atoms with Crippen molar-refractivity contribution in [3.8, 4) is 0 Å². The molecule has 0 aliphatic heterocycles. The molecule has 1 amide bonds. The largest absolute Gasteiger partial charge is 1.00 e. The molecule has 0 fully saturated rings. The smallest absolute Gasteiger partial charge is 0.272 e. The number of hydrogen-bond donors (Lipinski definition) is 1. The number of hydroxylamine groups is 2. The van der Waals surface area contributed by atoms with Gasteiger partial charge in [0.2, 0.25) is 0 Å². The van der Waals surface area contributed by atoms with Crippen LogP contribution in [0.4, 0.5) is 0 Å². The highest BCUT2D eigenvalue weighted by atomic mass is 35.5. The van der Waals surface area contributed by atoms with E-state index in [0.29, 0.717) is 12.1 Å². The molecule has 0 heterocycles. The predicted molar refractivity (Wildman–Crippen MR) is 55.8 cm³/mol. The fraction of sp³-hybridized carbons (Fsp3) is 0.700. The van der Waals surface area contributed by atoms with Gasteiger partial charge in [-0.3, -0.25) is 10.0 Å². The highest BCUT2D eigenvalue weighted by molar-refractivity contribution is 5.91. The molecule has 5 heteroatoms. The molecule has 0 aromatic rings. The van der Waals surface area contributed by atoms with E-state index in [-0.39, 0.29) is 12.4 Å². The quantitative estimate of drug-likeness (QED) is 0.257. The van der Waals surface area contributed by atoms with Crippen LogP contribution < -0.4 is 12.4 Å². The van der Waals surface area contributed by atoms with E-state index in [4.69, 9.17) is 0 Å². The van der Waals surface area contributed by atoms with Gasteiger partial charge < -0.3 is 16.9 Å². The van der Waals surface area contributed by atoms with Crippen molar-refractivity contribution >= 4 is 5.91 Å². The van der Waals surface area contributed by atoms with Crippen LogP contribution in [0.5, 0.6) is 0 Å². The van der Waals surface area contributed by atoms with Gasteiger partial charge in [-0.15, -0.1) is 0 Å². The van der Waals surface area contributed by atoms with E-state index in [2.05, 4.69) is 27.7 Å². The van der Waals surface area contributed by atoms with Crippen molar-refractivity contribution in [1.29, 1.82) is 0 Å². The molecule has 0 saturated carbocycles. The van der Waals surface area contributed by atoms with Crippen molar-refractivity contribution in [3.05, 3.63) is 12.2 Å². The number of halogens is 1. The average Bonchev–Trinajstić information content (AvgIpc) is 2.00. The van der Waals surface area contributed by atoms with Crippen LogP contribution in [-0.4, -0.2) is 54.9 Å². The Hall–Kier alpha value is -0.580. The van der Waals surface area contributed by atoms with Crippen LogP contribution in [0.15, 0.2) is 12.2 Å². The standard InChI is InChI=1S/C10H21N2O2.ClH/c1-9(2)10(13)11(14)7-6-8-12(3,4)5;/h14H,1,6-8H2,2-5H3;1H/q+1;/p-1. The monoisotopic (exact) mass is 236 g/mol. The lowest BCUT2D eigenvalue weighted by molar-refractivity contribution is -0.870. The lowest BCUT2D eigenvalue weighted by Gasteiger charge is -2.24. The van der Waals surface area contributed by atoms with E-state index in [9.17, 15) is 10.0 Å². The summed E-state index contributed by atoms with van der Waals surface area (Å²) in [6.45, 7) is 6.35. The van der Waals surface area contributed by atoms with Crippen molar-refractivity contribution in [2.24, 2.45) is 0 Å². The second kappa shape index (κ2) is 6.82. The van der Waals surface area contributed by atoms with E-state index >= 15 is 0 Å². The second-order valence-corrected chi connectivity index (χ2v) is 4.58. The molecule has 0 aliphatic carbocycles. The number of rotatable bonds is 5. The number of carbonyl (C=O) groups is 1. The maximum absolute atomic E-state index is 11.2. The van der Waals surface area contributed by atoms with E-state index in [0.717, 1.165) is 22.5 Å². The SMILES string of the molecule is C=C(C)C(=O)N(O)CCC[N+](C)(C)C.[Cl-]. The van der Waals surface area contributed by atoms with Crippen LogP contribution in [-0.2, 0) is 4.79 Å². The first kappa shape index (κ1) is 16.8. The second-order valence-electron chi connectivity index (χ2n) is 4.58. The fourth-order valence-corrected chi connectivity index (χ4v) is 1.02. The van der Waals surface area contributed by atoms with E-state index in [1.54, 1.807) is 6.92 Å². The molecule has 0 saturated heterocycles. The average molecular weight is 237 g/mol. The molecule has 0 rings (SSSR count). The Kier molecular flexibility index (Phi) is 7.66. The molecular weight excluding hydrogens is 216 g/mol. The zero-order chi connectivity index (χ0) is 11.4. The molecule has 0 atom stereocenters. The molecule has 0 aromatic carbocycles. The molecule has 0 bridgehead atoms. The minimum atomic E-state index is -0.397. The third kappa shape index (κ3) is 8.42. The Bertz CT molecular complexity index is 224. The molecule has 0 radical (unpaired) electrons. The van der Waals surface area contributed by atoms with Gasteiger partial charge in [0.1, 0.15) is 0 Å². The van der Waals surface area contributed by atoms with Gasteiger partial charge in [-0.25, -0.2) is 5.06 Å². The summed E-state index contributed by atoms with van der Waals surface area (Å²) in [6.07, 6.45) is 0.777. The Balaban J connectivity index is 0. The fourth-order valence-electron chi connectivity index (χ4n) is 1.02. The Labute approximate surface area is 98.1 Å². The van der Waals surface area contributed by atoms with Gasteiger partial charge >= 0.3 is 0 Å². The van der Waals surface area contributed by atoms with Crippen molar-refractivity contribution in [1.82, 2.24) is 5.06 Å². The van der Waals surface area contributed by atoms with E-state index in [1.165, 1.54) is 0 Å². The normalized spacial score (nSPS) is 10.5. The lowest BCUT2D eigenvalue weighted by atomic mass is 10.3. The summed E-state index contributed by atoms with van der Waals surface area (Å²) >= 11 is 0. The third-order valence-corrected chi connectivity index (χ3v) is 1.80. The lowest BCUT2D eigenvalue weighted by Crippen LogP contribution is -3.00. The Morgan fingerprint density at radius 2 is 1.87 bits per heavy atom. The first-order valence-electron chi connectivity index (χ1n) is 4.71. The number of hydrogen-bond acceptors (Lipinski definition) is 2. The first-order valence-corrected chi connectivity index (χ1v) is 4.71. The zero-order valence-corrected chi connectivity index (χ0v) is 10.7. The predicted octanol–water partition coefficient (Wildman–Crippen LogP) is -2.12. The number of quaternary nitrogens is 1. The van der Waals surface area contributed by atoms with Crippen molar-refractivity contribution in [2.45, 2.75) is 13.3 Å². The van der Waals surface area contributed by atoms with Crippen LogP contribution in [0.2, 0.25) is 0 Å². The highest BCUT2D eigenvalue weighted by Crippen LogP contribution is 1.99. The maximum Gasteiger partial charge on any atom is 0.272 e. The molecule has 0 unspecified atom stereocenters. The number of carbonyl (C=O) groups excluding carboxylic acids is 1. The summed E-state index contributed by atoms with van der Waals surface area (Å²) in [7, 11) is 6.22. The molecule has 0 aromatic heterocycles. The van der Waals surface area contributed by atoms with Crippen LogP contribution in [0.1, 0.15) is 13.3 Å². The van der Waals surface area contributed by atoms with Crippen molar-refractivity contribution in [3.63, 3.8) is 0 Å². The minimum Gasteiger partial charge on any atom is -1.00 e. The highest BCUT2D eigenvalue weighted by Gasteiger charge is 2.13. The molecular formula is C10H21ClN2O2.